The topological polar surface area (TPSA) is 38.3 Å². The fourth-order valence-electron chi connectivity index (χ4n) is 1.95. The highest BCUT2D eigenvalue weighted by Gasteiger charge is 2.04. The quantitative estimate of drug-likeness (QED) is 0.514. The van der Waals surface area contributed by atoms with E-state index in [1.54, 1.807) is 7.11 Å². The first-order valence-electron chi connectivity index (χ1n) is 7.14. The molecule has 0 atom stereocenters. The standard InChI is InChI=1S/C16H25NO2/c1-3-8-16(18)14-9-7-10-15(13-14)17-11-5-4-6-12-19-2/h7,9-10,13,17H,3-6,8,11-12H2,1-2H3. The minimum absolute atomic E-state index is 0.228. The number of nitrogens with one attached hydrogen (secondary N) is 1. The van der Waals surface area contributed by atoms with Gasteiger partial charge in [0.1, 0.15) is 0 Å². The number of carbonyl (C=O) groups excluding carboxylic acids is 1. The van der Waals surface area contributed by atoms with Gasteiger partial charge in [0, 0.05) is 37.9 Å². The number of ether oxygens (including phenoxy) is 1. The fourth-order valence-corrected chi connectivity index (χ4v) is 1.95. The maximum Gasteiger partial charge on any atom is 0.162 e. The van der Waals surface area contributed by atoms with Crippen LogP contribution >= 0.6 is 0 Å². The zero-order chi connectivity index (χ0) is 13.9. The summed E-state index contributed by atoms with van der Waals surface area (Å²) in [6, 6.07) is 7.79. The highest BCUT2D eigenvalue weighted by molar-refractivity contribution is 5.96. The molecule has 1 aromatic rings. The minimum atomic E-state index is 0.228. The molecule has 0 radical (unpaired) electrons. The lowest BCUT2D eigenvalue weighted by atomic mass is 10.1. The van der Waals surface area contributed by atoms with Crippen LogP contribution in [0.1, 0.15) is 49.4 Å². The number of ketones is 1. The second-order valence-corrected chi connectivity index (χ2v) is 4.73. The summed E-state index contributed by atoms with van der Waals surface area (Å²) in [6.07, 6.45) is 4.91. The zero-order valence-electron chi connectivity index (χ0n) is 12.1. The third-order valence-electron chi connectivity index (χ3n) is 3.02. The van der Waals surface area contributed by atoms with Crippen LogP contribution in [0.4, 0.5) is 5.69 Å². The number of unbranched alkanes of at least 4 members (excludes halogenated alkanes) is 2. The molecule has 0 aromatic heterocycles. The van der Waals surface area contributed by atoms with E-state index >= 15 is 0 Å². The molecule has 0 saturated carbocycles. The molecule has 0 aliphatic carbocycles. The van der Waals surface area contributed by atoms with Gasteiger partial charge < -0.3 is 10.1 Å². The summed E-state index contributed by atoms with van der Waals surface area (Å²) in [7, 11) is 1.73. The van der Waals surface area contributed by atoms with Crippen LogP contribution in [0.25, 0.3) is 0 Å². The lowest BCUT2D eigenvalue weighted by Crippen LogP contribution is -2.04. The van der Waals surface area contributed by atoms with E-state index in [1.807, 2.05) is 31.2 Å². The number of anilines is 1. The summed E-state index contributed by atoms with van der Waals surface area (Å²) in [6.45, 7) is 3.80. The summed E-state index contributed by atoms with van der Waals surface area (Å²) < 4.78 is 5.01. The Morgan fingerprint density at radius 2 is 2.11 bits per heavy atom. The monoisotopic (exact) mass is 263 g/mol. The van der Waals surface area contributed by atoms with Gasteiger partial charge >= 0.3 is 0 Å². The first kappa shape index (κ1) is 15.7. The van der Waals surface area contributed by atoms with E-state index in [0.717, 1.165) is 50.1 Å². The number of rotatable bonds is 10. The number of benzene rings is 1. The Labute approximate surface area is 116 Å². The number of carbonyl (C=O) groups is 1. The van der Waals surface area contributed by atoms with Crippen molar-refractivity contribution in [2.75, 3.05) is 25.6 Å². The van der Waals surface area contributed by atoms with Gasteiger partial charge in [-0.05, 0) is 37.8 Å². The van der Waals surface area contributed by atoms with Gasteiger partial charge in [0.15, 0.2) is 5.78 Å². The van der Waals surface area contributed by atoms with Crippen LogP contribution < -0.4 is 5.32 Å². The number of hydrogen-bond acceptors (Lipinski definition) is 3. The number of methoxy groups -OCH3 is 1. The Hall–Kier alpha value is -1.35. The van der Waals surface area contributed by atoms with Crippen LogP contribution in [0, 0.1) is 0 Å². The Morgan fingerprint density at radius 1 is 1.26 bits per heavy atom. The van der Waals surface area contributed by atoms with E-state index in [4.69, 9.17) is 4.74 Å². The maximum atomic E-state index is 11.8. The molecule has 0 fully saturated rings. The molecule has 1 N–H and O–H groups in total. The van der Waals surface area contributed by atoms with Crippen molar-refractivity contribution in [1.82, 2.24) is 0 Å². The van der Waals surface area contributed by atoms with Crippen molar-refractivity contribution in [1.29, 1.82) is 0 Å². The van der Waals surface area contributed by atoms with Crippen molar-refractivity contribution in [2.45, 2.75) is 39.0 Å². The fraction of sp³-hybridized carbons (Fsp3) is 0.562. The largest absolute Gasteiger partial charge is 0.385 e. The van der Waals surface area contributed by atoms with Crippen LogP contribution in [0.3, 0.4) is 0 Å². The summed E-state index contributed by atoms with van der Waals surface area (Å²) in [4.78, 5) is 11.8. The summed E-state index contributed by atoms with van der Waals surface area (Å²) in [5.74, 6) is 0.228. The smallest absolute Gasteiger partial charge is 0.162 e. The highest BCUT2D eigenvalue weighted by Crippen LogP contribution is 2.13. The van der Waals surface area contributed by atoms with E-state index in [2.05, 4.69) is 5.32 Å². The van der Waals surface area contributed by atoms with Crippen molar-refractivity contribution in [3.8, 4) is 0 Å². The SMILES string of the molecule is CCCC(=O)c1cccc(NCCCCCOC)c1. The average molecular weight is 263 g/mol. The van der Waals surface area contributed by atoms with Crippen LogP contribution in [0.5, 0.6) is 0 Å². The van der Waals surface area contributed by atoms with Crippen molar-refractivity contribution in [3.05, 3.63) is 29.8 Å². The molecule has 0 aliphatic rings. The predicted octanol–water partition coefficient (Wildman–Crippen LogP) is 3.90. The Balaban J connectivity index is 2.34. The number of Topliss-reactive ketones (excluding diaryl/α,β-unsaturated/α-hetero) is 1. The van der Waals surface area contributed by atoms with Crippen molar-refractivity contribution < 1.29 is 9.53 Å². The highest BCUT2D eigenvalue weighted by atomic mass is 16.5. The molecular formula is C16H25NO2. The van der Waals surface area contributed by atoms with Gasteiger partial charge in [-0.1, -0.05) is 19.1 Å². The van der Waals surface area contributed by atoms with Gasteiger partial charge in [0.2, 0.25) is 0 Å². The molecule has 1 aromatic carbocycles. The second kappa shape index (κ2) is 9.56. The first-order chi connectivity index (χ1) is 9.27. The van der Waals surface area contributed by atoms with Crippen LogP contribution in [-0.4, -0.2) is 26.0 Å². The molecule has 0 unspecified atom stereocenters. The van der Waals surface area contributed by atoms with E-state index < -0.39 is 0 Å². The zero-order valence-corrected chi connectivity index (χ0v) is 12.1. The summed E-state index contributed by atoms with van der Waals surface area (Å²) in [5, 5.41) is 3.37. The van der Waals surface area contributed by atoms with Crippen LogP contribution in [0.15, 0.2) is 24.3 Å². The third kappa shape index (κ3) is 6.39. The molecule has 0 amide bonds. The van der Waals surface area contributed by atoms with Gasteiger partial charge in [-0.15, -0.1) is 0 Å². The van der Waals surface area contributed by atoms with Gasteiger partial charge in [-0.25, -0.2) is 0 Å². The molecule has 3 heteroatoms. The second-order valence-electron chi connectivity index (χ2n) is 4.73. The predicted molar refractivity (Wildman–Crippen MR) is 79.9 cm³/mol. The molecule has 1 rings (SSSR count). The van der Waals surface area contributed by atoms with Crippen molar-refractivity contribution in [2.24, 2.45) is 0 Å². The Kier molecular flexibility index (Phi) is 7.91. The molecule has 0 saturated heterocycles. The van der Waals surface area contributed by atoms with Crippen LogP contribution in [0.2, 0.25) is 0 Å². The van der Waals surface area contributed by atoms with Gasteiger partial charge in [0.25, 0.3) is 0 Å². The van der Waals surface area contributed by atoms with E-state index in [-0.39, 0.29) is 5.78 Å². The van der Waals surface area contributed by atoms with Gasteiger partial charge in [-0.3, -0.25) is 4.79 Å². The van der Waals surface area contributed by atoms with Crippen molar-refractivity contribution >= 4 is 11.5 Å². The molecular weight excluding hydrogens is 238 g/mol. The first-order valence-corrected chi connectivity index (χ1v) is 7.14. The molecule has 0 bridgehead atoms. The summed E-state index contributed by atoms with van der Waals surface area (Å²) in [5.41, 5.74) is 1.85. The molecule has 0 aliphatic heterocycles. The average Bonchev–Trinajstić information content (AvgIpc) is 2.43. The Bertz CT molecular complexity index is 377. The molecule has 0 heterocycles. The van der Waals surface area contributed by atoms with E-state index in [1.165, 1.54) is 0 Å². The Morgan fingerprint density at radius 3 is 2.84 bits per heavy atom. The molecule has 0 spiro atoms. The maximum absolute atomic E-state index is 11.8. The lowest BCUT2D eigenvalue weighted by molar-refractivity contribution is 0.0982. The summed E-state index contributed by atoms with van der Waals surface area (Å²) >= 11 is 0. The van der Waals surface area contributed by atoms with Crippen molar-refractivity contribution in [3.63, 3.8) is 0 Å². The van der Waals surface area contributed by atoms with Gasteiger partial charge in [-0.2, -0.15) is 0 Å². The lowest BCUT2D eigenvalue weighted by Gasteiger charge is -2.08. The van der Waals surface area contributed by atoms with E-state index in [9.17, 15) is 4.79 Å². The van der Waals surface area contributed by atoms with Crippen LogP contribution in [-0.2, 0) is 4.74 Å². The van der Waals surface area contributed by atoms with E-state index in [0.29, 0.717) is 6.42 Å². The molecule has 3 nitrogen and oxygen atoms in total. The molecule has 106 valence electrons. The third-order valence-corrected chi connectivity index (χ3v) is 3.02. The van der Waals surface area contributed by atoms with Gasteiger partial charge in [0.05, 0.1) is 0 Å². The number of hydrogen-bond donors (Lipinski definition) is 1. The molecule has 19 heavy (non-hydrogen) atoms. The normalized spacial score (nSPS) is 10.4. The minimum Gasteiger partial charge on any atom is -0.385 e.